The molecule has 8 rings (SSSR count). The molecular formula is C45H42F6S2Si2. The highest BCUT2D eigenvalue weighted by atomic mass is 32.2. The van der Waals surface area contributed by atoms with Crippen molar-refractivity contribution in [1.29, 1.82) is 0 Å². The third-order valence-electron chi connectivity index (χ3n) is 11.8. The Labute approximate surface area is 329 Å². The molecule has 0 amide bonds. The van der Waals surface area contributed by atoms with Gasteiger partial charge in [-0.05, 0) is 70.5 Å². The van der Waals surface area contributed by atoms with Gasteiger partial charge in [-0.15, -0.1) is 23.5 Å². The Balaban J connectivity index is 1.18. The predicted octanol–water partition coefficient (Wildman–Crippen LogP) is 13.0. The SMILES string of the molecule is CC12SC(c3ccc(-c4ccc([Si](C)(C)C)cc4)cc3)=CC1=C1C(=C3C=C(c4ccc(-c5ccc([Si](C)(C)C)cc5)cc4)SC32C)C(F)(F)C(F)(F)C1(F)F. The normalized spacial score (nSPS) is 25.1. The minimum atomic E-state index is -5.60. The lowest BCUT2D eigenvalue weighted by Gasteiger charge is -2.47. The van der Waals surface area contributed by atoms with Crippen LogP contribution < -0.4 is 10.4 Å². The van der Waals surface area contributed by atoms with Crippen molar-refractivity contribution in [2.75, 3.05) is 0 Å². The Hall–Kier alpha value is -3.45. The van der Waals surface area contributed by atoms with Crippen molar-refractivity contribution in [3.63, 3.8) is 0 Å². The fraction of sp³-hybridized carbons (Fsp3) is 0.289. The number of halogens is 6. The maximum atomic E-state index is 15.9. The van der Waals surface area contributed by atoms with E-state index in [1.165, 1.54) is 46.0 Å². The van der Waals surface area contributed by atoms with Crippen LogP contribution in [0.15, 0.2) is 132 Å². The zero-order chi connectivity index (χ0) is 39.7. The van der Waals surface area contributed by atoms with Gasteiger partial charge in [0.05, 0.1) is 25.6 Å². The average molecular weight is 817 g/mol. The first-order valence-corrected chi connectivity index (χ1v) is 27.0. The number of fused-ring (bicyclic) bond motifs is 4. The largest absolute Gasteiger partial charge is 0.380 e. The first-order valence-electron chi connectivity index (χ1n) is 18.4. The molecule has 10 heteroatoms. The first kappa shape index (κ1) is 38.4. The van der Waals surface area contributed by atoms with Gasteiger partial charge in [-0.3, -0.25) is 0 Å². The van der Waals surface area contributed by atoms with E-state index in [1.807, 2.05) is 48.5 Å². The summed E-state index contributed by atoms with van der Waals surface area (Å²) >= 11 is 2.56. The lowest BCUT2D eigenvalue weighted by molar-refractivity contribution is -0.258. The molecule has 0 radical (unpaired) electrons. The van der Waals surface area contributed by atoms with Crippen molar-refractivity contribution in [2.45, 2.75) is 80.4 Å². The van der Waals surface area contributed by atoms with Gasteiger partial charge in [0.2, 0.25) is 0 Å². The molecule has 1 fully saturated rings. The van der Waals surface area contributed by atoms with Crippen molar-refractivity contribution in [3.8, 4) is 22.3 Å². The topological polar surface area (TPSA) is 0 Å². The molecule has 55 heavy (non-hydrogen) atoms. The van der Waals surface area contributed by atoms with Crippen LogP contribution in [0.3, 0.4) is 0 Å². The average Bonchev–Trinajstić information content (AvgIpc) is 3.71. The molecule has 2 aliphatic carbocycles. The Kier molecular flexibility index (Phi) is 8.58. The second kappa shape index (κ2) is 12.3. The van der Waals surface area contributed by atoms with Gasteiger partial charge in [0.1, 0.15) is 0 Å². The van der Waals surface area contributed by atoms with Crippen molar-refractivity contribution in [2.24, 2.45) is 0 Å². The molecule has 1 saturated carbocycles. The molecule has 4 aliphatic rings. The number of thioether (sulfide) groups is 2. The van der Waals surface area contributed by atoms with Crippen molar-refractivity contribution in [1.82, 2.24) is 0 Å². The number of allylic oxidation sites excluding steroid dienone is 4. The van der Waals surface area contributed by atoms with E-state index in [0.717, 1.165) is 22.3 Å². The molecule has 2 heterocycles. The minimum absolute atomic E-state index is 0.166. The van der Waals surface area contributed by atoms with E-state index >= 15 is 26.3 Å². The fourth-order valence-electron chi connectivity index (χ4n) is 8.17. The van der Waals surface area contributed by atoms with Gasteiger partial charge in [0.15, 0.2) is 0 Å². The van der Waals surface area contributed by atoms with Crippen molar-refractivity contribution in [3.05, 3.63) is 143 Å². The minimum Gasteiger partial charge on any atom is -0.194 e. The number of benzene rings is 4. The van der Waals surface area contributed by atoms with Crippen LogP contribution >= 0.6 is 23.5 Å². The standard InChI is InChI=1S/C45H42F6S2Si2/c1-41-35(25-37(52-41)31-13-9-27(10-14-31)29-17-21-33(22-18-29)54(3,4)5)39-40(44(48,49)45(50,51)43(39,46)47)36-26-38(53-42(36,41)2)32-15-11-28(12-16-32)30-19-23-34(24-20-30)55(6,7)8/h9-26H,1-8H3. The van der Waals surface area contributed by atoms with E-state index in [2.05, 4.69) is 87.8 Å². The van der Waals surface area contributed by atoms with Gasteiger partial charge in [-0.2, -0.15) is 26.3 Å². The highest BCUT2D eigenvalue weighted by Gasteiger charge is 2.84. The molecule has 0 nitrogen and oxygen atoms in total. The zero-order valence-electron chi connectivity index (χ0n) is 32.0. The summed E-state index contributed by atoms with van der Waals surface area (Å²) in [6, 6.07) is 32.3. The Morgan fingerprint density at radius 1 is 0.400 bits per heavy atom. The molecule has 0 aromatic heterocycles. The van der Waals surface area contributed by atoms with Gasteiger partial charge in [0, 0.05) is 21.0 Å². The summed E-state index contributed by atoms with van der Waals surface area (Å²) in [5.41, 5.74) is 2.58. The molecule has 2 aliphatic heterocycles. The summed E-state index contributed by atoms with van der Waals surface area (Å²) in [5.74, 6) is -15.8. The smallest absolute Gasteiger partial charge is 0.194 e. The molecule has 0 N–H and O–H groups in total. The highest BCUT2D eigenvalue weighted by Crippen LogP contribution is 2.75. The van der Waals surface area contributed by atoms with E-state index in [4.69, 9.17) is 0 Å². The maximum absolute atomic E-state index is 15.9. The summed E-state index contributed by atoms with van der Waals surface area (Å²) in [5, 5.41) is 2.68. The maximum Gasteiger partial charge on any atom is 0.380 e. The van der Waals surface area contributed by atoms with Crippen LogP contribution in [0.4, 0.5) is 26.3 Å². The lowest BCUT2D eigenvalue weighted by atomic mass is 9.71. The second-order valence-corrected chi connectivity index (χ2v) is 30.5. The summed E-state index contributed by atoms with van der Waals surface area (Å²) in [6.45, 7) is 17.2. The highest BCUT2D eigenvalue weighted by molar-refractivity contribution is 8.14. The Bertz CT molecular complexity index is 2190. The molecule has 2 atom stereocenters. The predicted molar refractivity (Wildman–Crippen MR) is 227 cm³/mol. The summed E-state index contributed by atoms with van der Waals surface area (Å²) in [6.07, 6.45) is 2.90. The Morgan fingerprint density at radius 3 is 0.927 bits per heavy atom. The summed E-state index contributed by atoms with van der Waals surface area (Å²) < 4.78 is 92.0. The first-order chi connectivity index (χ1) is 25.5. The van der Waals surface area contributed by atoms with E-state index in [1.54, 1.807) is 13.8 Å². The number of rotatable bonds is 6. The molecule has 0 bridgehead atoms. The zero-order valence-corrected chi connectivity index (χ0v) is 35.6. The van der Waals surface area contributed by atoms with Crippen LogP contribution in [0.5, 0.6) is 0 Å². The van der Waals surface area contributed by atoms with Gasteiger partial charge in [-0.25, -0.2) is 0 Å². The van der Waals surface area contributed by atoms with E-state index in [-0.39, 0.29) is 11.1 Å². The third-order valence-corrected chi connectivity index (χ3v) is 19.3. The molecule has 0 saturated heterocycles. The molecule has 284 valence electrons. The third kappa shape index (κ3) is 5.63. The van der Waals surface area contributed by atoms with Crippen LogP contribution in [-0.2, 0) is 0 Å². The number of hydrogen-bond acceptors (Lipinski definition) is 2. The van der Waals surface area contributed by atoms with E-state index in [9.17, 15) is 0 Å². The van der Waals surface area contributed by atoms with Gasteiger partial charge >= 0.3 is 17.8 Å². The van der Waals surface area contributed by atoms with Crippen LogP contribution in [0, 0.1) is 0 Å². The molecule has 0 spiro atoms. The monoisotopic (exact) mass is 816 g/mol. The van der Waals surface area contributed by atoms with Crippen LogP contribution in [0.2, 0.25) is 39.3 Å². The second-order valence-electron chi connectivity index (χ2n) is 17.4. The van der Waals surface area contributed by atoms with Gasteiger partial charge in [0.25, 0.3) is 0 Å². The van der Waals surface area contributed by atoms with Gasteiger partial charge < -0.3 is 0 Å². The van der Waals surface area contributed by atoms with E-state index < -0.39 is 54.6 Å². The quantitative estimate of drug-likeness (QED) is 0.140. The fourth-order valence-corrected chi connectivity index (χ4v) is 13.6. The van der Waals surface area contributed by atoms with Crippen LogP contribution in [0.25, 0.3) is 32.1 Å². The van der Waals surface area contributed by atoms with Crippen LogP contribution in [0.1, 0.15) is 25.0 Å². The Morgan fingerprint density at radius 2 is 0.655 bits per heavy atom. The molecular weight excluding hydrogens is 775 g/mol. The molecule has 2 unspecified atom stereocenters. The summed E-state index contributed by atoms with van der Waals surface area (Å²) in [7, 11) is -2.95. The van der Waals surface area contributed by atoms with Crippen molar-refractivity contribution < 1.29 is 26.3 Å². The van der Waals surface area contributed by atoms with Crippen molar-refractivity contribution >= 4 is 59.9 Å². The number of hydrogen-bond donors (Lipinski definition) is 0. The summed E-state index contributed by atoms with van der Waals surface area (Å²) in [4.78, 5) is 1.14. The number of alkyl halides is 6. The molecule has 4 aromatic rings. The van der Waals surface area contributed by atoms with Gasteiger partial charge in [-0.1, -0.05) is 147 Å². The van der Waals surface area contributed by atoms with Crippen LogP contribution in [-0.4, -0.2) is 43.4 Å². The van der Waals surface area contributed by atoms with E-state index in [0.29, 0.717) is 20.9 Å². The molecule has 4 aromatic carbocycles. The lowest BCUT2D eigenvalue weighted by Crippen LogP contribution is -2.48.